The van der Waals surface area contributed by atoms with Gasteiger partial charge in [0.2, 0.25) is 11.8 Å². The summed E-state index contributed by atoms with van der Waals surface area (Å²) >= 11 is 0. The summed E-state index contributed by atoms with van der Waals surface area (Å²) in [6.45, 7) is 2.03. The number of hydrogen-bond donors (Lipinski definition) is 1. The Morgan fingerprint density at radius 1 is 1.00 bits per heavy atom. The smallest absolute Gasteiger partial charge is 0.227 e. The van der Waals surface area contributed by atoms with Gasteiger partial charge in [0.1, 0.15) is 18.0 Å². The van der Waals surface area contributed by atoms with Crippen molar-refractivity contribution in [3.8, 4) is 5.75 Å². The highest BCUT2D eigenvalue weighted by Crippen LogP contribution is 2.32. The summed E-state index contributed by atoms with van der Waals surface area (Å²) in [5, 5.41) is 2.49. The van der Waals surface area contributed by atoms with Gasteiger partial charge in [0.25, 0.3) is 0 Å². The molecule has 0 unspecified atom stereocenters. The lowest BCUT2D eigenvalue weighted by Crippen LogP contribution is -2.38. The van der Waals surface area contributed by atoms with Crippen molar-refractivity contribution < 1.29 is 23.1 Å². The van der Waals surface area contributed by atoms with E-state index in [1.54, 1.807) is 21.9 Å². The number of nitrogens with zero attached hydrogens (tertiary/aromatic N) is 2. The number of amides is 2. The maximum atomic E-state index is 14.4. The zero-order valence-electron chi connectivity index (χ0n) is 16.5. The molecule has 0 saturated carbocycles. The molecular formula is C22H23F2N3O3. The third-order valence-electron chi connectivity index (χ3n) is 5.32. The summed E-state index contributed by atoms with van der Waals surface area (Å²) in [6.07, 6.45) is 1.70. The summed E-state index contributed by atoms with van der Waals surface area (Å²) in [4.78, 5) is 28.1. The molecule has 1 fully saturated rings. The fourth-order valence-corrected chi connectivity index (χ4v) is 3.89. The number of hydrogen-bond acceptors (Lipinski definition) is 4. The minimum atomic E-state index is -0.701. The van der Waals surface area contributed by atoms with E-state index in [1.165, 1.54) is 0 Å². The zero-order valence-corrected chi connectivity index (χ0v) is 16.5. The number of fused-ring (bicyclic) bond motifs is 1. The van der Waals surface area contributed by atoms with Crippen LogP contribution in [0.2, 0.25) is 0 Å². The highest BCUT2D eigenvalue weighted by Gasteiger charge is 2.24. The van der Waals surface area contributed by atoms with Gasteiger partial charge in [-0.1, -0.05) is 12.1 Å². The molecule has 2 aromatic carbocycles. The number of halogens is 2. The molecule has 2 amide bonds. The van der Waals surface area contributed by atoms with E-state index in [9.17, 15) is 18.4 Å². The van der Waals surface area contributed by atoms with Crippen molar-refractivity contribution in [2.24, 2.45) is 0 Å². The maximum Gasteiger partial charge on any atom is 0.227 e. The monoisotopic (exact) mass is 415 g/mol. The first-order chi connectivity index (χ1) is 14.5. The second kappa shape index (κ2) is 8.69. The minimum Gasteiger partial charge on any atom is -0.490 e. The lowest BCUT2D eigenvalue weighted by Gasteiger charge is -2.29. The van der Waals surface area contributed by atoms with Crippen LogP contribution in [0.1, 0.15) is 25.7 Å². The van der Waals surface area contributed by atoms with Crippen LogP contribution >= 0.6 is 0 Å². The molecule has 2 aliphatic rings. The van der Waals surface area contributed by atoms with E-state index in [1.807, 2.05) is 12.1 Å². The van der Waals surface area contributed by atoms with Crippen LogP contribution in [0, 0.1) is 11.6 Å². The molecular weight excluding hydrogens is 392 g/mol. The van der Waals surface area contributed by atoms with Crippen molar-refractivity contribution in [1.29, 1.82) is 0 Å². The second-order valence-corrected chi connectivity index (χ2v) is 7.39. The maximum absolute atomic E-state index is 14.4. The summed E-state index contributed by atoms with van der Waals surface area (Å²) < 4.78 is 34.3. The Labute approximate surface area is 173 Å². The molecule has 0 aliphatic carbocycles. The van der Waals surface area contributed by atoms with Crippen LogP contribution in [0.4, 0.5) is 25.8 Å². The Hall–Kier alpha value is -3.16. The van der Waals surface area contributed by atoms with E-state index < -0.39 is 17.5 Å². The number of carbonyl (C=O) groups excluding carboxylic acids is 2. The third kappa shape index (κ3) is 4.22. The molecule has 1 saturated heterocycles. The molecule has 2 aromatic rings. The van der Waals surface area contributed by atoms with Crippen LogP contribution in [0.5, 0.6) is 5.75 Å². The molecule has 2 heterocycles. The molecule has 8 heteroatoms. The van der Waals surface area contributed by atoms with E-state index in [0.29, 0.717) is 37.7 Å². The number of rotatable bonds is 5. The van der Waals surface area contributed by atoms with Crippen molar-refractivity contribution in [1.82, 2.24) is 0 Å². The van der Waals surface area contributed by atoms with Crippen LogP contribution in [-0.4, -0.2) is 38.1 Å². The molecule has 4 rings (SSSR count). The van der Waals surface area contributed by atoms with Gasteiger partial charge in [-0.05, 0) is 37.1 Å². The van der Waals surface area contributed by atoms with E-state index in [0.717, 1.165) is 25.0 Å². The summed E-state index contributed by atoms with van der Waals surface area (Å²) in [5.74, 6) is -1.45. The third-order valence-corrected chi connectivity index (χ3v) is 5.32. The van der Waals surface area contributed by atoms with Crippen LogP contribution < -0.4 is 19.9 Å². The number of carbonyl (C=O) groups is 2. The number of para-hydroxylation sites is 2. The second-order valence-electron chi connectivity index (χ2n) is 7.39. The van der Waals surface area contributed by atoms with Gasteiger partial charge in [-0.15, -0.1) is 0 Å². The SMILES string of the molecule is O=C(CCC(=O)N1CCOc2ccccc21)Nc1cc(F)c(N2CCCC2)c(F)c1. The van der Waals surface area contributed by atoms with Crippen molar-refractivity contribution in [3.05, 3.63) is 48.0 Å². The number of ether oxygens (including phenoxy) is 1. The molecule has 0 atom stereocenters. The molecule has 30 heavy (non-hydrogen) atoms. The Bertz CT molecular complexity index is 937. The van der Waals surface area contributed by atoms with Gasteiger partial charge in [-0.2, -0.15) is 0 Å². The van der Waals surface area contributed by atoms with Gasteiger partial charge in [-0.25, -0.2) is 8.78 Å². The molecule has 1 N–H and O–H groups in total. The molecule has 2 aliphatic heterocycles. The number of nitrogens with one attached hydrogen (secondary N) is 1. The van der Waals surface area contributed by atoms with Gasteiger partial charge < -0.3 is 19.9 Å². The van der Waals surface area contributed by atoms with Crippen LogP contribution in [0.3, 0.4) is 0 Å². The van der Waals surface area contributed by atoms with Gasteiger partial charge in [0.15, 0.2) is 11.6 Å². The Morgan fingerprint density at radius 2 is 1.70 bits per heavy atom. The average molecular weight is 415 g/mol. The number of benzene rings is 2. The van der Waals surface area contributed by atoms with Crippen LogP contribution in [0.25, 0.3) is 0 Å². The van der Waals surface area contributed by atoms with E-state index in [4.69, 9.17) is 4.74 Å². The first-order valence-electron chi connectivity index (χ1n) is 10.1. The normalized spacial score (nSPS) is 15.5. The molecule has 0 bridgehead atoms. The number of anilines is 3. The zero-order chi connectivity index (χ0) is 21.1. The van der Waals surface area contributed by atoms with Gasteiger partial charge in [0, 0.05) is 31.6 Å². The predicted molar refractivity (Wildman–Crippen MR) is 110 cm³/mol. The Kier molecular flexibility index (Phi) is 5.83. The standard InChI is InChI=1S/C22H23F2N3O3/c23-16-13-15(14-17(24)22(16)26-9-3-4-10-26)25-20(28)7-8-21(29)27-11-12-30-19-6-2-1-5-18(19)27/h1-2,5-6,13-14H,3-4,7-12H2,(H,25,28). The molecule has 158 valence electrons. The van der Waals surface area contributed by atoms with E-state index >= 15 is 0 Å². The van der Waals surface area contributed by atoms with Crippen LogP contribution in [-0.2, 0) is 9.59 Å². The minimum absolute atomic E-state index is 0.0169. The van der Waals surface area contributed by atoms with Crippen molar-refractivity contribution >= 4 is 28.9 Å². The summed E-state index contributed by atoms with van der Waals surface area (Å²) in [7, 11) is 0. The fourth-order valence-electron chi connectivity index (χ4n) is 3.89. The molecule has 0 radical (unpaired) electrons. The van der Waals surface area contributed by atoms with Gasteiger partial charge in [0.05, 0.1) is 12.2 Å². The molecule has 0 spiro atoms. The first kappa shape index (κ1) is 20.1. The van der Waals surface area contributed by atoms with Crippen molar-refractivity contribution in [2.45, 2.75) is 25.7 Å². The Balaban J connectivity index is 1.36. The summed E-state index contributed by atoms with van der Waals surface area (Å²) in [6, 6.07) is 9.46. The summed E-state index contributed by atoms with van der Waals surface area (Å²) in [5.41, 5.74) is 0.671. The highest BCUT2D eigenvalue weighted by molar-refractivity contribution is 5.99. The topological polar surface area (TPSA) is 61.9 Å². The quantitative estimate of drug-likeness (QED) is 0.809. The highest BCUT2D eigenvalue weighted by atomic mass is 19.1. The van der Waals surface area contributed by atoms with E-state index in [-0.39, 0.29) is 30.1 Å². The fraction of sp³-hybridized carbons (Fsp3) is 0.364. The van der Waals surface area contributed by atoms with Crippen LogP contribution in [0.15, 0.2) is 36.4 Å². The Morgan fingerprint density at radius 3 is 2.43 bits per heavy atom. The average Bonchev–Trinajstić information content (AvgIpc) is 3.25. The molecule has 0 aromatic heterocycles. The van der Waals surface area contributed by atoms with E-state index in [2.05, 4.69) is 5.32 Å². The molecule has 6 nitrogen and oxygen atoms in total. The predicted octanol–water partition coefficient (Wildman–Crippen LogP) is 3.71. The van der Waals surface area contributed by atoms with Gasteiger partial charge in [-0.3, -0.25) is 9.59 Å². The lowest BCUT2D eigenvalue weighted by atomic mass is 10.2. The first-order valence-corrected chi connectivity index (χ1v) is 10.1. The lowest BCUT2D eigenvalue weighted by molar-refractivity contribution is -0.122. The van der Waals surface area contributed by atoms with Crippen molar-refractivity contribution in [3.63, 3.8) is 0 Å². The van der Waals surface area contributed by atoms with Crippen molar-refractivity contribution in [2.75, 3.05) is 41.4 Å². The van der Waals surface area contributed by atoms with Gasteiger partial charge >= 0.3 is 0 Å². The largest absolute Gasteiger partial charge is 0.490 e.